The van der Waals surface area contributed by atoms with Crippen molar-refractivity contribution < 1.29 is 19.2 Å². The van der Waals surface area contributed by atoms with E-state index in [2.05, 4.69) is 22.3 Å². The number of nitrogens with two attached hydrogens (primary N) is 1. The van der Waals surface area contributed by atoms with Crippen molar-refractivity contribution in [1.29, 1.82) is 0 Å². The van der Waals surface area contributed by atoms with Crippen molar-refractivity contribution in [2.24, 2.45) is 0 Å². The fourth-order valence-electron chi connectivity index (χ4n) is 3.50. The minimum Gasteiger partial charge on any atom is -0.497 e. The highest BCUT2D eigenvalue weighted by Crippen LogP contribution is 2.35. The zero-order valence-corrected chi connectivity index (χ0v) is 18.7. The van der Waals surface area contributed by atoms with Crippen LogP contribution in [0.2, 0.25) is 0 Å². The Kier molecular flexibility index (Phi) is 5.98. The molecule has 158 valence electrons. The van der Waals surface area contributed by atoms with Crippen molar-refractivity contribution in [3.05, 3.63) is 28.6 Å². The zero-order valence-electron chi connectivity index (χ0n) is 17.1. The molecule has 1 amide bonds. The average molecular weight is 447 g/mol. The third-order valence-corrected chi connectivity index (χ3v) is 6.99. The number of carbonyl (C=O) groups is 1. The number of aromatic nitrogens is 2. The topological polar surface area (TPSA) is 104 Å². The molecule has 4 N–H and O–H groups in total. The molecule has 0 spiro atoms. The van der Waals surface area contributed by atoms with Crippen molar-refractivity contribution in [3.8, 4) is 11.5 Å². The molecule has 0 saturated carbocycles. The maximum atomic E-state index is 12.4. The molecule has 1 atom stereocenters. The van der Waals surface area contributed by atoms with Crippen molar-refractivity contribution in [1.82, 2.24) is 9.97 Å². The first kappa shape index (κ1) is 20.7. The lowest BCUT2D eigenvalue weighted by Gasteiger charge is -2.19. The standard InChI is InChI=1S/C20H23N5O3S2/c1-25-7-6-12-15(9-25)30-19-17(12)18(21)23-20(24-19)29-10-16(26)22-13-5-4-11(27-2)8-14(13)28-3/h4-5,8H,6-7,9-10H2,1-3H3,(H,22,26)(H2,21,23,24)/p+1. The predicted octanol–water partition coefficient (Wildman–Crippen LogP) is 1.59. The van der Waals surface area contributed by atoms with Gasteiger partial charge in [0.1, 0.15) is 28.7 Å². The van der Waals surface area contributed by atoms with Crippen LogP contribution in [0.3, 0.4) is 0 Å². The second-order valence-corrected chi connectivity index (χ2v) is 9.14. The van der Waals surface area contributed by atoms with Gasteiger partial charge in [-0.25, -0.2) is 9.97 Å². The van der Waals surface area contributed by atoms with E-state index in [0.717, 1.165) is 29.7 Å². The summed E-state index contributed by atoms with van der Waals surface area (Å²) in [4.78, 5) is 25.3. The number of thioether (sulfide) groups is 1. The van der Waals surface area contributed by atoms with Gasteiger partial charge in [0.25, 0.3) is 0 Å². The van der Waals surface area contributed by atoms with Crippen LogP contribution in [-0.4, -0.2) is 49.4 Å². The van der Waals surface area contributed by atoms with E-state index in [0.29, 0.717) is 28.2 Å². The Morgan fingerprint density at radius 2 is 2.17 bits per heavy atom. The molecule has 1 aliphatic rings. The second kappa shape index (κ2) is 8.66. The number of anilines is 2. The lowest BCUT2D eigenvalue weighted by atomic mass is 10.1. The van der Waals surface area contributed by atoms with Crippen molar-refractivity contribution >= 4 is 50.7 Å². The quantitative estimate of drug-likeness (QED) is 0.390. The summed E-state index contributed by atoms with van der Waals surface area (Å²) in [6.45, 7) is 2.08. The molecule has 0 radical (unpaired) electrons. The Bertz CT molecular complexity index is 1100. The normalized spacial score (nSPS) is 15.6. The Morgan fingerprint density at radius 1 is 1.33 bits per heavy atom. The predicted molar refractivity (Wildman–Crippen MR) is 120 cm³/mol. The summed E-state index contributed by atoms with van der Waals surface area (Å²) in [6.07, 6.45) is 0.993. The molecule has 4 rings (SSSR count). The van der Waals surface area contributed by atoms with Crippen LogP contribution in [0.4, 0.5) is 11.5 Å². The first-order chi connectivity index (χ1) is 14.5. The molecule has 0 fully saturated rings. The number of nitrogen functional groups attached to an aromatic ring is 1. The lowest BCUT2D eigenvalue weighted by Crippen LogP contribution is -3.08. The molecular formula is C20H24N5O3S2+. The third kappa shape index (κ3) is 4.16. The number of likely N-dealkylation sites (N-methyl/N-ethyl adjacent to an activating group) is 1. The number of hydrogen-bond donors (Lipinski definition) is 3. The van der Waals surface area contributed by atoms with E-state index in [1.54, 1.807) is 43.8 Å². The minimum atomic E-state index is -0.179. The van der Waals surface area contributed by atoms with Crippen LogP contribution in [0.1, 0.15) is 10.4 Å². The van der Waals surface area contributed by atoms with E-state index in [1.807, 2.05) is 0 Å². The summed E-state index contributed by atoms with van der Waals surface area (Å²) in [5, 5.41) is 4.35. The van der Waals surface area contributed by atoms with Gasteiger partial charge in [0.05, 0.1) is 49.5 Å². The highest BCUT2D eigenvalue weighted by atomic mass is 32.2. The summed E-state index contributed by atoms with van der Waals surface area (Å²) in [7, 11) is 5.32. The second-order valence-electron chi connectivity index (χ2n) is 7.11. The number of benzene rings is 1. The Morgan fingerprint density at radius 3 is 2.93 bits per heavy atom. The fourth-order valence-corrected chi connectivity index (χ4v) is 5.55. The van der Waals surface area contributed by atoms with Gasteiger partial charge in [-0.15, -0.1) is 11.3 Å². The number of carbonyl (C=O) groups excluding carboxylic acids is 1. The van der Waals surface area contributed by atoms with Gasteiger partial charge in [-0.05, 0) is 17.7 Å². The number of hydrogen-bond acceptors (Lipinski definition) is 8. The van der Waals surface area contributed by atoms with Crippen LogP contribution in [0, 0.1) is 0 Å². The number of methoxy groups -OCH3 is 2. The summed E-state index contributed by atoms with van der Waals surface area (Å²) in [6, 6.07) is 5.23. The molecule has 0 aliphatic carbocycles. The average Bonchev–Trinajstić information content (AvgIpc) is 3.10. The van der Waals surface area contributed by atoms with Gasteiger partial charge in [0.2, 0.25) is 5.91 Å². The number of nitrogens with zero attached hydrogens (tertiary/aromatic N) is 2. The SMILES string of the molecule is COc1ccc(NC(=O)CSc2nc(N)c3c4c(sc3n2)C[NH+](C)CC4)c(OC)c1. The van der Waals surface area contributed by atoms with Crippen molar-refractivity contribution in [2.45, 2.75) is 18.1 Å². The maximum Gasteiger partial charge on any atom is 0.234 e. The molecule has 0 saturated heterocycles. The molecule has 8 nitrogen and oxygen atoms in total. The van der Waals surface area contributed by atoms with Gasteiger partial charge in [-0.3, -0.25) is 4.79 Å². The van der Waals surface area contributed by atoms with E-state index in [-0.39, 0.29) is 11.7 Å². The van der Waals surface area contributed by atoms with Crippen LogP contribution in [0.25, 0.3) is 10.2 Å². The summed E-state index contributed by atoms with van der Waals surface area (Å²) in [5.74, 6) is 1.67. The maximum absolute atomic E-state index is 12.4. The molecule has 3 aromatic rings. The molecule has 30 heavy (non-hydrogen) atoms. The number of ether oxygens (including phenoxy) is 2. The van der Waals surface area contributed by atoms with E-state index in [4.69, 9.17) is 15.2 Å². The third-order valence-electron chi connectivity index (χ3n) is 5.02. The Balaban J connectivity index is 1.47. The minimum absolute atomic E-state index is 0.165. The first-order valence-electron chi connectivity index (χ1n) is 9.52. The molecule has 3 heterocycles. The van der Waals surface area contributed by atoms with Crippen LogP contribution >= 0.6 is 23.1 Å². The van der Waals surface area contributed by atoms with Crippen LogP contribution in [0.15, 0.2) is 23.4 Å². The lowest BCUT2D eigenvalue weighted by molar-refractivity contribution is -0.895. The number of thiophene rings is 1. The largest absolute Gasteiger partial charge is 0.497 e. The van der Waals surface area contributed by atoms with Crippen LogP contribution in [-0.2, 0) is 17.8 Å². The van der Waals surface area contributed by atoms with Crippen LogP contribution < -0.4 is 25.4 Å². The van der Waals surface area contributed by atoms with Gasteiger partial charge in [-0.2, -0.15) is 0 Å². The molecular weight excluding hydrogens is 422 g/mol. The van der Waals surface area contributed by atoms with Crippen LogP contribution in [0.5, 0.6) is 11.5 Å². The molecule has 1 aliphatic heterocycles. The molecule has 2 aromatic heterocycles. The van der Waals surface area contributed by atoms with Gasteiger partial charge >= 0.3 is 0 Å². The van der Waals surface area contributed by atoms with E-state index in [1.165, 1.54) is 27.1 Å². The number of fused-ring (bicyclic) bond motifs is 3. The van der Waals surface area contributed by atoms with Gasteiger partial charge < -0.3 is 25.4 Å². The molecule has 1 aromatic carbocycles. The smallest absolute Gasteiger partial charge is 0.234 e. The highest BCUT2D eigenvalue weighted by Gasteiger charge is 2.24. The summed E-state index contributed by atoms with van der Waals surface area (Å²) >= 11 is 2.95. The van der Waals surface area contributed by atoms with Crippen molar-refractivity contribution in [2.75, 3.05) is 44.6 Å². The summed E-state index contributed by atoms with van der Waals surface area (Å²) < 4.78 is 10.5. The number of rotatable bonds is 6. The van der Waals surface area contributed by atoms with Gasteiger partial charge in [-0.1, -0.05) is 11.8 Å². The van der Waals surface area contributed by atoms with E-state index < -0.39 is 0 Å². The van der Waals surface area contributed by atoms with Gasteiger partial charge in [0.15, 0.2) is 5.16 Å². The zero-order chi connectivity index (χ0) is 21.3. The van der Waals surface area contributed by atoms with Gasteiger partial charge in [0, 0.05) is 12.5 Å². The first-order valence-corrected chi connectivity index (χ1v) is 11.3. The Hall–Kier alpha value is -2.56. The molecule has 10 heteroatoms. The Labute approximate surface area is 182 Å². The number of quaternary nitrogens is 1. The van der Waals surface area contributed by atoms with E-state index in [9.17, 15) is 4.79 Å². The summed E-state index contributed by atoms with van der Waals surface area (Å²) in [5.41, 5.74) is 8.13. The number of amides is 1. The van der Waals surface area contributed by atoms with E-state index >= 15 is 0 Å². The molecule has 0 bridgehead atoms. The van der Waals surface area contributed by atoms with Crippen molar-refractivity contribution in [3.63, 3.8) is 0 Å². The number of nitrogens with one attached hydrogen (secondary N) is 2. The highest BCUT2D eigenvalue weighted by molar-refractivity contribution is 7.99. The monoisotopic (exact) mass is 446 g/mol. The fraction of sp³-hybridized carbons (Fsp3) is 0.350. The molecule has 1 unspecified atom stereocenters.